The van der Waals surface area contributed by atoms with Crippen molar-refractivity contribution < 1.29 is 23.9 Å². The molecule has 0 saturated heterocycles. The molecule has 176 valence electrons. The zero-order valence-corrected chi connectivity index (χ0v) is 20.1. The van der Waals surface area contributed by atoms with Gasteiger partial charge in [-0.2, -0.15) is 0 Å². The molecule has 0 aliphatic carbocycles. The van der Waals surface area contributed by atoms with Gasteiger partial charge in [0.25, 0.3) is 0 Å². The minimum Gasteiger partial charge on any atom is -0.461 e. The Bertz CT molecular complexity index is 791. The van der Waals surface area contributed by atoms with Gasteiger partial charge < -0.3 is 14.4 Å². The predicted molar refractivity (Wildman–Crippen MR) is 125 cm³/mol. The molecule has 5 atom stereocenters. The van der Waals surface area contributed by atoms with Crippen LogP contribution in [0.5, 0.6) is 0 Å². The van der Waals surface area contributed by atoms with Crippen LogP contribution in [0.3, 0.4) is 0 Å². The van der Waals surface area contributed by atoms with Crippen LogP contribution >= 0.6 is 0 Å². The average Bonchev–Trinajstić information content (AvgIpc) is 2.77. The van der Waals surface area contributed by atoms with E-state index in [0.29, 0.717) is 6.41 Å². The summed E-state index contributed by atoms with van der Waals surface area (Å²) in [4.78, 5) is 38.6. The Morgan fingerprint density at radius 2 is 1.59 bits per heavy atom. The van der Waals surface area contributed by atoms with E-state index in [0.717, 1.165) is 5.56 Å². The van der Waals surface area contributed by atoms with Crippen LogP contribution in [0.15, 0.2) is 48.7 Å². The van der Waals surface area contributed by atoms with Crippen molar-refractivity contribution in [2.24, 2.45) is 11.8 Å². The molecule has 1 aromatic rings. The molecule has 0 N–H and O–H groups in total. The van der Waals surface area contributed by atoms with Gasteiger partial charge in [0.2, 0.25) is 6.41 Å². The lowest BCUT2D eigenvalue weighted by atomic mass is 9.88. The van der Waals surface area contributed by atoms with Gasteiger partial charge in [0.1, 0.15) is 18.2 Å². The Labute approximate surface area is 191 Å². The van der Waals surface area contributed by atoms with Crippen LogP contribution in [0.4, 0.5) is 0 Å². The summed E-state index contributed by atoms with van der Waals surface area (Å²) in [5.41, 5.74) is 0.964. The molecule has 7 heteroatoms. The number of rotatable bonds is 12. The molecule has 0 heterocycles. The number of hydrogen-bond acceptors (Lipinski definition) is 6. The third-order valence-electron chi connectivity index (χ3n) is 5.29. The van der Waals surface area contributed by atoms with E-state index < -0.39 is 24.2 Å². The van der Waals surface area contributed by atoms with Crippen molar-refractivity contribution in [1.82, 2.24) is 9.80 Å². The van der Waals surface area contributed by atoms with Gasteiger partial charge in [-0.05, 0) is 32.7 Å². The number of ether oxygens (including phenoxy) is 2. The zero-order valence-electron chi connectivity index (χ0n) is 20.1. The maximum absolute atomic E-state index is 12.7. The van der Waals surface area contributed by atoms with E-state index in [-0.39, 0.29) is 17.8 Å². The number of carbonyl (C=O) groups is 3. The molecule has 0 aromatic heterocycles. The minimum atomic E-state index is -0.630. The second kappa shape index (κ2) is 13.5. The van der Waals surface area contributed by atoms with E-state index in [4.69, 9.17) is 9.47 Å². The second-order valence-electron chi connectivity index (χ2n) is 8.22. The van der Waals surface area contributed by atoms with Crippen molar-refractivity contribution in [3.05, 3.63) is 54.2 Å². The van der Waals surface area contributed by atoms with Gasteiger partial charge in [-0.1, -0.05) is 56.3 Å². The van der Waals surface area contributed by atoms with E-state index in [1.807, 2.05) is 70.4 Å². The molecule has 1 rings (SSSR count). The fourth-order valence-electron chi connectivity index (χ4n) is 3.02. The van der Waals surface area contributed by atoms with Crippen LogP contribution in [0.2, 0.25) is 0 Å². The quantitative estimate of drug-likeness (QED) is 0.363. The predicted octanol–water partition coefficient (Wildman–Crippen LogP) is 3.37. The SMILES string of the molecule is CC(=O)O[C@@H]([C@@H](C)[C@@H](/C=C/c1ccccc1)OC(=O)[C@H](C)N(C)C)[C@H](C)/C=C/N(C)C=O. The molecule has 0 saturated carbocycles. The monoisotopic (exact) mass is 444 g/mol. The molecule has 1 amide bonds. The molecule has 0 aliphatic heterocycles. The summed E-state index contributed by atoms with van der Waals surface area (Å²) < 4.78 is 11.5. The summed E-state index contributed by atoms with van der Waals surface area (Å²) in [5, 5.41) is 0. The smallest absolute Gasteiger partial charge is 0.323 e. The lowest BCUT2D eigenvalue weighted by Crippen LogP contribution is -2.42. The largest absolute Gasteiger partial charge is 0.461 e. The van der Waals surface area contributed by atoms with Gasteiger partial charge in [-0.3, -0.25) is 19.3 Å². The number of benzene rings is 1. The highest BCUT2D eigenvalue weighted by molar-refractivity contribution is 5.75. The number of amides is 1. The molecule has 0 unspecified atom stereocenters. The normalized spacial score (nSPS) is 16.4. The number of likely N-dealkylation sites (N-methyl/N-ethyl adjacent to an activating group) is 1. The maximum atomic E-state index is 12.7. The van der Waals surface area contributed by atoms with Gasteiger partial charge in [-0.15, -0.1) is 0 Å². The van der Waals surface area contributed by atoms with Crippen molar-refractivity contribution in [2.45, 2.75) is 45.9 Å². The molecule has 0 fully saturated rings. The first-order valence-electron chi connectivity index (χ1n) is 10.7. The second-order valence-corrected chi connectivity index (χ2v) is 8.22. The maximum Gasteiger partial charge on any atom is 0.323 e. The van der Waals surface area contributed by atoms with Crippen molar-refractivity contribution in [3.63, 3.8) is 0 Å². The summed E-state index contributed by atoms with van der Waals surface area (Å²) >= 11 is 0. The van der Waals surface area contributed by atoms with Crippen LogP contribution in [-0.2, 0) is 23.9 Å². The number of esters is 2. The summed E-state index contributed by atoms with van der Waals surface area (Å²) in [5.74, 6) is -1.37. The minimum absolute atomic E-state index is 0.228. The molecule has 0 radical (unpaired) electrons. The van der Waals surface area contributed by atoms with Crippen LogP contribution in [-0.4, -0.2) is 67.5 Å². The van der Waals surface area contributed by atoms with E-state index in [1.165, 1.54) is 11.8 Å². The summed E-state index contributed by atoms with van der Waals surface area (Å²) in [6, 6.07) is 9.25. The Hall–Kier alpha value is -2.93. The van der Waals surface area contributed by atoms with Crippen molar-refractivity contribution >= 4 is 24.4 Å². The highest BCUT2D eigenvalue weighted by Gasteiger charge is 2.33. The van der Waals surface area contributed by atoms with E-state index >= 15 is 0 Å². The summed E-state index contributed by atoms with van der Waals surface area (Å²) in [7, 11) is 5.24. The van der Waals surface area contributed by atoms with Gasteiger partial charge >= 0.3 is 11.9 Å². The average molecular weight is 445 g/mol. The molecular formula is C25H36N2O5. The summed E-state index contributed by atoms with van der Waals surface area (Å²) in [6.45, 7) is 6.90. The Balaban J connectivity index is 3.23. The van der Waals surface area contributed by atoms with Crippen LogP contribution < -0.4 is 0 Å². The Morgan fingerprint density at radius 1 is 0.969 bits per heavy atom. The van der Waals surface area contributed by atoms with Gasteiger partial charge in [0.15, 0.2) is 0 Å². The van der Waals surface area contributed by atoms with Gasteiger partial charge in [0.05, 0.1) is 0 Å². The van der Waals surface area contributed by atoms with Crippen LogP contribution in [0.1, 0.15) is 33.3 Å². The molecule has 7 nitrogen and oxygen atoms in total. The lowest BCUT2D eigenvalue weighted by Gasteiger charge is -2.32. The zero-order chi connectivity index (χ0) is 24.3. The first kappa shape index (κ1) is 27.1. The highest BCUT2D eigenvalue weighted by atomic mass is 16.6. The first-order valence-corrected chi connectivity index (χ1v) is 10.7. The van der Waals surface area contributed by atoms with E-state index in [1.54, 1.807) is 31.1 Å². The molecule has 0 aliphatic rings. The number of nitrogens with zero attached hydrogens (tertiary/aromatic N) is 2. The van der Waals surface area contributed by atoms with Gasteiger partial charge in [0, 0.05) is 32.0 Å². The van der Waals surface area contributed by atoms with Crippen LogP contribution in [0.25, 0.3) is 6.08 Å². The van der Waals surface area contributed by atoms with Crippen LogP contribution in [0, 0.1) is 11.8 Å². The van der Waals surface area contributed by atoms with Crippen molar-refractivity contribution in [2.75, 3.05) is 21.1 Å². The third-order valence-corrected chi connectivity index (χ3v) is 5.29. The fraction of sp³-hybridized carbons (Fsp3) is 0.480. The number of hydrogen-bond donors (Lipinski definition) is 0. The Morgan fingerprint density at radius 3 is 2.12 bits per heavy atom. The standard InChI is InChI=1S/C25H36N2O5/c1-18(15-16-27(7)17-28)24(31-21(4)29)19(2)23(32-25(30)20(3)26(5)6)14-13-22-11-9-8-10-12-22/h8-20,23-24H,1-7H3/b14-13+,16-15+/t18-,19+,20+,23-,24-/m1/s1. The van der Waals surface area contributed by atoms with Crippen molar-refractivity contribution in [1.29, 1.82) is 0 Å². The summed E-state index contributed by atoms with van der Waals surface area (Å²) in [6.07, 6.45) is 6.61. The third kappa shape index (κ3) is 9.06. The Kier molecular flexibility index (Phi) is 11.4. The fourth-order valence-corrected chi connectivity index (χ4v) is 3.02. The molecule has 0 spiro atoms. The topological polar surface area (TPSA) is 76.2 Å². The van der Waals surface area contributed by atoms with Crippen molar-refractivity contribution in [3.8, 4) is 0 Å². The first-order chi connectivity index (χ1) is 15.1. The van der Waals surface area contributed by atoms with E-state index in [2.05, 4.69) is 0 Å². The lowest BCUT2D eigenvalue weighted by molar-refractivity contribution is -0.161. The molecular weight excluding hydrogens is 408 g/mol. The molecule has 32 heavy (non-hydrogen) atoms. The highest BCUT2D eigenvalue weighted by Crippen LogP contribution is 2.25. The molecule has 0 bridgehead atoms. The van der Waals surface area contributed by atoms with E-state index in [9.17, 15) is 14.4 Å². The number of carbonyl (C=O) groups excluding carboxylic acids is 3. The molecule has 1 aromatic carbocycles. The van der Waals surface area contributed by atoms with Gasteiger partial charge in [-0.25, -0.2) is 0 Å².